The molecule has 0 aromatic heterocycles. The van der Waals surface area contributed by atoms with Gasteiger partial charge < -0.3 is 14.4 Å². The third-order valence-corrected chi connectivity index (χ3v) is 2.66. The molecule has 0 aliphatic carbocycles. The van der Waals surface area contributed by atoms with E-state index in [2.05, 4.69) is 4.74 Å². The highest BCUT2D eigenvalue weighted by molar-refractivity contribution is 6.15. The van der Waals surface area contributed by atoms with Crippen molar-refractivity contribution in [2.24, 2.45) is 0 Å². The van der Waals surface area contributed by atoms with Crippen molar-refractivity contribution in [3.63, 3.8) is 0 Å². The molecular formula is C12H11F2NO4. The number of benzene rings is 1. The number of ketones is 1. The molecule has 0 bridgehead atoms. The smallest absolute Gasteiger partial charge is 0.387 e. The van der Waals surface area contributed by atoms with Crippen LogP contribution in [0.15, 0.2) is 18.2 Å². The van der Waals surface area contributed by atoms with E-state index in [4.69, 9.17) is 4.74 Å². The molecule has 2 rings (SSSR count). The van der Waals surface area contributed by atoms with Gasteiger partial charge in [-0.25, -0.2) is 0 Å². The Morgan fingerprint density at radius 2 is 2.00 bits per heavy atom. The topological polar surface area (TPSA) is 55.8 Å². The number of rotatable bonds is 4. The molecule has 0 atom stereocenters. The van der Waals surface area contributed by atoms with Crippen molar-refractivity contribution in [1.82, 2.24) is 0 Å². The fraction of sp³-hybridized carbons (Fsp3) is 0.333. The second-order valence-corrected chi connectivity index (χ2v) is 3.91. The molecule has 5 nitrogen and oxygen atoms in total. The van der Waals surface area contributed by atoms with Gasteiger partial charge >= 0.3 is 6.61 Å². The Morgan fingerprint density at radius 3 is 2.53 bits per heavy atom. The Bertz CT molecular complexity index is 518. The number of carbonyl (C=O) groups is 2. The van der Waals surface area contributed by atoms with Gasteiger partial charge in [0, 0.05) is 11.8 Å². The molecule has 102 valence electrons. The minimum Gasteiger partial charge on any atom is -0.493 e. The summed E-state index contributed by atoms with van der Waals surface area (Å²) in [7, 11) is 1.30. The third-order valence-electron chi connectivity index (χ3n) is 2.66. The fourth-order valence-electron chi connectivity index (χ4n) is 1.84. The molecule has 1 fully saturated rings. The predicted octanol–water partition coefficient (Wildman–Crippen LogP) is 1.60. The van der Waals surface area contributed by atoms with Gasteiger partial charge in [-0.1, -0.05) is 0 Å². The standard InChI is InChI=1S/C12H11F2NO4/c1-18-10-4-7(2-3-9(10)19-12(13)14)15-6-8(16)5-11(15)17/h2-4,12H,5-6H2,1H3. The normalized spacial score (nSPS) is 15.3. The summed E-state index contributed by atoms with van der Waals surface area (Å²) in [5, 5.41) is 0. The maximum atomic E-state index is 12.2. The first-order valence-electron chi connectivity index (χ1n) is 5.46. The average molecular weight is 271 g/mol. The van der Waals surface area contributed by atoms with Gasteiger partial charge in [0.1, 0.15) is 0 Å². The monoisotopic (exact) mass is 271 g/mol. The quantitative estimate of drug-likeness (QED) is 0.780. The van der Waals surface area contributed by atoms with Crippen molar-refractivity contribution in [2.45, 2.75) is 13.0 Å². The maximum absolute atomic E-state index is 12.2. The van der Waals surface area contributed by atoms with Gasteiger partial charge in [0.15, 0.2) is 17.3 Å². The van der Waals surface area contributed by atoms with E-state index in [0.717, 1.165) is 0 Å². The van der Waals surface area contributed by atoms with E-state index >= 15 is 0 Å². The number of methoxy groups -OCH3 is 1. The minimum absolute atomic E-state index is 0.0168. The molecule has 0 saturated carbocycles. The van der Waals surface area contributed by atoms with E-state index in [-0.39, 0.29) is 36.2 Å². The Balaban J connectivity index is 2.28. The third kappa shape index (κ3) is 2.81. The van der Waals surface area contributed by atoms with Gasteiger partial charge in [0.25, 0.3) is 0 Å². The Hall–Kier alpha value is -2.18. The number of alkyl halides is 2. The Morgan fingerprint density at radius 1 is 1.26 bits per heavy atom. The molecule has 0 radical (unpaired) electrons. The van der Waals surface area contributed by atoms with Gasteiger partial charge in [-0.2, -0.15) is 8.78 Å². The molecule has 0 unspecified atom stereocenters. The van der Waals surface area contributed by atoms with E-state index < -0.39 is 6.61 Å². The Labute approximate surface area is 107 Å². The fourth-order valence-corrected chi connectivity index (χ4v) is 1.84. The molecule has 1 aliphatic heterocycles. The van der Waals surface area contributed by atoms with E-state index in [1.165, 1.54) is 30.2 Å². The highest BCUT2D eigenvalue weighted by Crippen LogP contribution is 2.33. The second-order valence-electron chi connectivity index (χ2n) is 3.91. The molecule has 0 spiro atoms. The van der Waals surface area contributed by atoms with Crippen molar-refractivity contribution in [2.75, 3.05) is 18.6 Å². The summed E-state index contributed by atoms with van der Waals surface area (Å²) in [6.07, 6.45) is -0.141. The Kier molecular flexibility index (Phi) is 3.64. The summed E-state index contributed by atoms with van der Waals surface area (Å²) in [5.41, 5.74) is 0.411. The van der Waals surface area contributed by atoms with Gasteiger partial charge in [-0.05, 0) is 12.1 Å². The molecule has 1 aromatic carbocycles. The molecule has 7 heteroatoms. The molecule has 19 heavy (non-hydrogen) atoms. The summed E-state index contributed by atoms with van der Waals surface area (Å²) in [5.74, 6) is -0.560. The number of hydrogen-bond donors (Lipinski definition) is 0. The summed E-state index contributed by atoms with van der Waals surface area (Å²) in [6, 6.07) is 4.08. The number of hydrogen-bond acceptors (Lipinski definition) is 4. The van der Waals surface area contributed by atoms with Crippen molar-refractivity contribution >= 4 is 17.4 Å². The van der Waals surface area contributed by atoms with Crippen LogP contribution in [-0.4, -0.2) is 32.0 Å². The number of anilines is 1. The number of halogens is 2. The zero-order chi connectivity index (χ0) is 14.0. The second kappa shape index (κ2) is 5.21. The lowest BCUT2D eigenvalue weighted by Gasteiger charge is -2.17. The zero-order valence-electron chi connectivity index (χ0n) is 10.1. The van der Waals surface area contributed by atoms with Crippen LogP contribution in [-0.2, 0) is 9.59 Å². The van der Waals surface area contributed by atoms with Crippen LogP contribution in [0.25, 0.3) is 0 Å². The predicted molar refractivity (Wildman–Crippen MR) is 61.6 cm³/mol. The van der Waals surface area contributed by atoms with Crippen LogP contribution in [0, 0.1) is 0 Å². The molecule has 0 N–H and O–H groups in total. The number of Topliss-reactive ketones (excluding diaryl/α,β-unsaturated/α-hetero) is 1. The maximum Gasteiger partial charge on any atom is 0.387 e. The lowest BCUT2D eigenvalue weighted by Crippen LogP contribution is -2.24. The van der Waals surface area contributed by atoms with Crippen LogP contribution in [0.5, 0.6) is 11.5 Å². The largest absolute Gasteiger partial charge is 0.493 e. The SMILES string of the molecule is COc1cc(N2CC(=O)CC2=O)ccc1OC(F)F. The number of nitrogens with zero attached hydrogens (tertiary/aromatic N) is 1. The zero-order valence-corrected chi connectivity index (χ0v) is 10.1. The lowest BCUT2D eigenvalue weighted by molar-refractivity contribution is -0.121. The van der Waals surface area contributed by atoms with Gasteiger partial charge in [-0.15, -0.1) is 0 Å². The van der Waals surface area contributed by atoms with Gasteiger partial charge in [0.05, 0.1) is 20.1 Å². The summed E-state index contributed by atoms with van der Waals surface area (Å²) < 4.78 is 33.5. The highest BCUT2D eigenvalue weighted by Gasteiger charge is 2.29. The summed E-state index contributed by atoms with van der Waals surface area (Å²) in [4.78, 5) is 24.0. The van der Waals surface area contributed by atoms with E-state index in [9.17, 15) is 18.4 Å². The molecule has 1 amide bonds. The molecular weight excluding hydrogens is 260 g/mol. The van der Waals surface area contributed by atoms with Crippen LogP contribution < -0.4 is 14.4 Å². The first-order chi connectivity index (χ1) is 9.01. The van der Waals surface area contributed by atoms with Crippen molar-refractivity contribution < 1.29 is 27.8 Å². The van der Waals surface area contributed by atoms with E-state index in [1.807, 2.05) is 0 Å². The average Bonchev–Trinajstić information content (AvgIpc) is 2.68. The van der Waals surface area contributed by atoms with Crippen LogP contribution in [0.3, 0.4) is 0 Å². The minimum atomic E-state index is -2.96. The van der Waals surface area contributed by atoms with Gasteiger partial charge in [0.2, 0.25) is 5.91 Å². The number of amides is 1. The molecule has 1 heterocycles. The lowest BCUT2D eigenvalue weighted by atomic mass is 10.2. The van der Waals surface area contributed by atoms with Crippen LogP contribution >= 0.6 is 0 Å². The van der Waals surface area contributed by atoms with E-state index in [0.29, 0.717) is 5.69 Å². The van der Waals surface area contributed by atoms with Crippen molar-refractivity contribution in [3.05, 3.63) is 18.2 Å². The summed E-state index contributed by atoms with van der Waals surface area (Å²) >= 11 is 0. The first-order valence-corrected chi connectivity index (χ1v) is 5.46. The van der Waals surface area contributed by atoms with Crippen LogP contribution in [0.4, 0.5) is 14.5 Å². The molecule has 1 aliphatic rings. The van der Waals surface area contributed by atoms with Crippen molar-refractivity contribution in [1.29, 1.82) is 0 Å². The van der Waals surface area contributed by atoms with Crippen LogP contribution in [0.2, 0.25) is 0 Å². The van der Waals surface area contributed by atoms with E-state index in [1.54, 1.807) is 0 Å². The summed E-state index contributed by atoms with van der Waals surface area (Å²) in [6.45, 7) is -2.98. The van der Waals surface area contributed by atoms with Gasteiger partial charge in [-0.3, -0.25) is 9.59 Å². The first kappa shape index (κ1) is 13.3. The van der Waals surface area contributed by atoms with Crippen molar-refractivity contribution in [3.8, 4) is 11.5 Å². The van der Waals surface area contributed by atoms with Crippen LogP contribution in [0.1, 0.15) is 6.42 Å². The number of carbonyl (C=O) groups excluding carboxylic acids is 2. The highest BCUT2D eigenvalue weighted by atomic mass is 19.3. The molecule has 1 saturated heterocycles. The molecule has 1 aromatic rings. The number of ether oxygens (including phenoxy) is 2.